The second kappa shape index (κ2) is 10.0. The fourth-order valence-corrected chi connectivity index (χ4v) is 3.18. The van der Waals surface area contributed by atoms with Crippen molar-refractivity contribution in [3.8, 4) is 0 Å². The van der Waals surface area contributed by atoms with Crippen LogP contribution in [0.25, 0.3) is 0 Å². The number of carbonyl (C=O) groups is 2. The summed E-state index contributed by atoms with van der Waals surface area (Å²) in [6, 6.07) is 13.6. The van der Waals surface area contributed by atoms with E-state index in [1.54, 1.807) is 0 Å². The molecule has 0 spiro atoms. The van der Waals surface area contributed by atoms with E-state index >= 15 is 0 Å². The molecule has 0 bridgehead atoms. The summed E-state index contributed by atoms with van der Waals surface area (Å²) >= 11 is 1.47. The number of hydrogen-bond acceptors (Lipinski definition) is 3. The standard InChI is InChI=1S/C21H26N2O2S/c1-4-5-6-20(24)22-17-8-10-18(11-9-17)26-14-21(25)23-19-12-7-15(2)13-16(19)3/h7-13H,4-6,14H2,1-3H3,(H,22,24)(H,23,25). The maximum atomic E-state index is 12.1. The van der Waals surface area contributed by atoms with Crippen LogP contribution < -0.4 is 10.6 Å². The maximum Gasteiger partial charge on any atom is 0.234 e. The van der Waals surface area contributed by atoms with Crippen molar-refractivity contribution < 1.29 is 9.59 Å². The van der Waals surface area contributed by atoms with E-state index in [2.05, 4.69) is 23.6 Å². The summed E-state index contributed by atoms with van der Waals surface area (Å²) in [5, 5.41) is 5.83. The van der Waals surface area contributed by atoms with Crippen molar-refractivity contribution in [3.63, 3.8) is 0 Å². The molecule has 26 heavy (non-hydrogen) atoms. The number of aryl methyl sites for hydroxylation is 2. The summed E-state index contributed by atoms with van der Waals surface area (Å²) in [6.07, 6.45) is 2.45. The van der Waals surface area contributed by atoms with E-state index in [4.69, 9.17) is 0 Å². The lowest BCUT2D eigenvalue weighted by atomic mass is 10.1. The summed E-state index contributed by atoms with van der Waals surface area (Å²) in [4.78, 5) is 24.9. The molecule has 0 saturated heterocycles. The maximum absolute atomic E-state index is 12.1. The third-order valence-corrected chi connectivity index (χ3v) is 4.93. The van der Waals surface area contributed by atoms with Crippen molar-refractivity contribution >= 4 is 35.0 Å². The smallest absolute Gasteiger partial charge is 0.234 e. The summed E-state index contributed by atoms with van der Waals surface area (Å²) in [7, 11) is 0. The van der Waals surface area contributed by atoms with Crippen LogP contribution in [0.2, 0.25) is 0 Å². The average molecular weight is 371 g/mol. The van der Waals surface area contributed by atoms with Gasteiger partial charge < -0.3 is 10.6 Å². The highest BCUT2D eigenvalue weighted by molar-refractivity contribution is 8.00. The molecular weight excluding hydrogens is 344 g/mol. The second-order valence-electron chi connectivity index (χ2n) is 6.33. The Bertz CT molecular complexity index is 757. The number of hydrogen-bond donors (Lipinski definition) is 2. The zero-order chi connectivity index (χ0) is 18.9. The van der Waals surface area contributed by atoms with Gasteiger partial charge in [0.15, 0.2) is 0 Å². The number of benzene rings is 2. The monoisotopic (exact) mass is 370 g/mol. The molecular formula is C21H26N2O2S. The van der Waals surface area contributed by atoms with Crippen LogP contribution in [0.5, 0.6) is 0 Å². The largest absolute Gasteiger partial charge is 0.326 e. The van der Waals surface area contributed by atoms with Crippen molar-refractivity contribution in [1.82, 2.24) is 0 Å². The van der Waals surface area contributed by atoms with Crippen LogP contribution in [-0.4, -0.2) is 17.6 Å². The Balaban J connectivity index is 1.81. The molecule has 0 aromatic heterocycles. The Morgan fingerprint density at radius 3 is 2.35 bits per heavy atom. The Hall–Kier alpha value is -2.27. The first-order valence-electron chi connectivity index (χ1n) is 8.87. The minimum Gasteiger partial charge on any atom is -0.326 e. The topological polar surface area (TPSA) is 58.2 Å². The van der Waals surface area contributed by atoms with Gasteiger partial charge >= 0.3 is 0 Å². The summed E-state index contributed by atoms with van der Waals surface area (Å²) < 4.78 is 0. The summed E-state index contributed by atoms with van der Waals surface area (Å²) in [5.74, 6) is 0.356. The highest BCUT2D eigenvalue weighted by Gasteiger charge is 2.07. The van der Waals surface area contributed by atoms with Crippen molar-refractivity contribution in [1.29, 1.82) is 0 Å². The van der Waals surface area contributed by atoms with Crippen LogP contribution in [0.3, 0.4) is 0 Å². The third-order valence-electron chi connectivity index (χ3n) is 3.92. The lowest BCUT2D eigenvalue weighted by Crippen LogP contribution is -2.14. The van der Waals surface area contributed by atoms with E-state index in [1.165, 1.54) is 17.3 Å². The van der Waals surface area contributed by atoms with Gasteiger partial charge in [0.05, 0.1) is 5.75 Å². The van der Waals surface area contributed by atoms with Gasteiger partial charge in [-0.05, 0) is 56.2 Å². The molecule has 2 amide bonds. The number of anilines is 2. The van der Waals surface area contributed by atoms with Crippen LogP contribution in [0.15, 0.2) is 47.4 Å². The molecule has 2 N–H and O–H groups in total. The zero-order valence-corrected chi connectivity index (χ0v) is 16.4. The van der Waals surface area contributed by atoms with E-state index in [9.17, 15) is 9.59 Å². The number of rotatable bonds is 8. The molecule has 2 rings (SSSR count). The predicted octanol–water partition coefficient (Wildman–Crippen LogP) is 5.16. The molecule has 5 heteroatoms. The summed E-state index contributed by atoms with van der Waals surface area (Å²) in [6.45, 7) is 6.09. The van der Waals surface area contributed by atoms with Gasteiger partial charge in [0.1, 0.15) is 0 Å². The van der Waals surface area contributed by atoms with Gasteiger partial charge in [-0.25, -0.2) is 0 Å². The van der Waals surface area contributed by atoms with E-state index < -0.39 is 0 Å². The number of nitrogens with one attached hydrogen (secondary N) is 2. The zero-order valence-electron chi connectivity index (χ0n) is 15.6. The van der Waals surface area contributed by atoms with E-state index in [0.717, 1.165) is 34.7 Å². The number of unbranched alkanes of at least 4 members (excludes halogenated alkanes) is 1. The molecule has 2 aromatic carbocycles. The van der Waals surface area contributed by atoms with Crippen molar-refractivity contribution in [3.05, 3.63) is 53.6 Å². The van der Waals surface area contributed by atoms with Crippen molar-refractivity contribution in [2.45, 2.75) is 44.9 Å². The molecule has 0 atom stereocenters. The highest BCUT2D eigenvalue weighted by atomic mass is 32.2. The van der Waals surface area contributed by atoms with Crippen LogP contribution in [-0.2, 0) is 9.59 Å². The van der Waals surface area contributed by atoms with E-state index in [1.807, 2.05) is 50.2 Å². The highest BCUT2D eigenvalue weighted by Crippen LogP contribution is 2.22. The molecule has 138 valence electrons. The van der Waals surface area contributed by atoms with Crippen LogP contribution in [0.4, 0.5) is 11.4 Å². The minimum atomic E-state index is -0.0288. The Kier molecular flexibility index (Phi) is 7.73. The summed E-state index contributed by atoms with van der Waals surface area (Å²) in [5.41, 5.74) is 3.88. The quantitative estimate of drug-likeness (QED) is 0.631. The molecule has 0 aliphatic rings. The van der Waals surface area contributed by atoms with Gasteiger partial charge in [0.25, 0.3) is 0 Å². The first-order valence-corrected chi connectivity index (χ1v) is 9.86. The van der Waals surface area contributed by atoms with Crippen molar-refractivity contribution in [2.24, 2.45) is 0 Å². The third kappa shape index (κ3) is 6.56. The minimum absolute atomic E-state index is 0.0288. The first-order chi connectivity index (χ1) is 12.5. The van der Waals surface area contributed by atoms with Crippen LogP contribution in [0, 0.1) is 13.8 Å². The van der Waals surface area contributed by atoms with E-state index in [0.29, 0.717) is 12.2 Å². The predicted molar refractivity (Wildman–Crippen MR) is 110 cm³/mol. The first kappa shape index (κ1) is 20.0. The molecule has 2 aromatic rings. The Morgan fingerprint density at radius 1 is 0.962 bits per heavy atom. The second-order valence-corrected chi connectivity index (χ2v) is 7.38. The van der Waals surface area contributed by atoms with Gasteiger partial charge in [-0.15, -0.1) is 11.8 Å². The lowest BCUT2D eigenvalue weighted by molar-refractivity contribution is -0.116. The molecule has 4 nitrogen and oxygen atoms in total. The van der Waals surface area contributed by atoms with Crippen LogP contribution in [0.1, 0.15) is 37.3 Å². The SMILES string of the molecule is CCCCC(=O)Nc1ccc(SCC(=O)Nc2ccc(C)cc2C)cc1. The number of thioether (sulfide) groups is 1. The molecule has 0 saturated carbocycles. The molecule has 0 unspecified atom stereocenters. The molecule has 0 heterocycles. The number of carbonyl (C=O) groups excluding carboxylic acids is 2. The Labute approximate surface area is 159 Å². The van der Waals surface area contributed by atoms with Gasteiger partial charge in [-0.1, -0.05) is 31.0 Å². The molecule has 0 fully saturated rings. The van der Waals surface area contributed by atoms with E-state index in [-0.39, 0.29) is 11.8 Å². The molecule has 0 aliphatic carbocycles. The Morgan fingerprint density at radius 2 is 1.69 bits per heavy atom. The van der Waals surface area contributed by atoms with Gasteiger partial charge in [0, 0.05) is 22.7 Å². The average Bonchev–Trinajstić information content (AvgIpc) is 2.62. The molecule has 0 aliphatic heterocycles. The van der Waals surface area contributed by atoms with Gasteiger partial charge in [0.2, 0.25) is 11.8 Å². The lowest BCUT2D eigenvalue weighted by Gasteiger charge is -2.09. The fourth-order valence-electron chi connectivity index (χ4n) is 2.48. The fraction of sp³-hybridized carbons (Fsp3) is 0.333. The number of amides is 2. The van der Waals surface area contributed by atoms with Crippen LogP contribution >= 0.6 is 11.8 Å². The van der Waals surface area contributed by atoms with Gasteiger partial charge in [-0.3, -0.25) is 9.59 Å². The normalized spacial score (nSPS) is 10.4. The van der Waals surface area contributed by atoms with Gasteiger partial charge in [-0.2, -0.15) is 0 Å². The molecule has 0 radical (unpaired) electrons. The van der Waals surface area contributed by atoms with Crippen molar-refractivity contribution in [2.75, 3.05) is 16.4 Å².